The normalized spacial score (nSPS) is 11.8. The molecule has 0 aromatic heterocycles. The molecule has 0 amide bonds. The minimum Gasteiger partial charge on any atom is -0.252 e. The lowest BCUT2D eigenvalue weighted by Crippen LogP contribution is -2.00. The van der Waals surface area contributed by atoms with E-state index in [2.05, 4.69) is 49.4 Å². The quantitative estimate of drug-likeness (QED) is 0.654. The van der Waals surface area contributed by atoms with Crippen LogP contribution in [0.1, 0.15) is 16.7 Å². The third-order valence-corrected chi connectivity index (χ3v) is 4.24. The van der Waals surface area contributed by atoms with Gasteiger partial charge >= 0.3 is 11.6 Å². The number of aryl methyl sites for hydroxylation is 1. The molecule has 0 saturated heterocycles. The van der Waals surface area contributed by atoms with Crippen LogP contribution in [-0.2, 0) is 18.0 Å². The predicted octanol–water partition coefficient (Wildman–Crippen LogP) is 4.81. The second-order valence-electron chi connectivity index (χ2n) is 6.02. The first-order valence-corrected chi connectivity index (χ1v) is 8.72. The van der Waals surface area contributed by atoms with Crippen molar-refractivity contribution in [3.05, 3.63) is 89.2 Å². The third kappa shape index (κ3) is 4.00. The van der Waals surface area contributed by atoms with Crippen molar-refractivity contribution in [2.45, 2.75) is 13.3 Å². The maximum absolute atomic E-state index is 13.0. The molecule has 1 heterocycles. The maximum atomic E-state index is 13.0. The fourth-order valence-corrected chi connectivity index (χ4v) is 2.99. The lowest BCUT2D eigenvalue weighted by Gasteiger charge is -2.05. The van der Waals surface area contributed by atoms with Gasteiger partial charge in [0.2, 0.25) is 0 Å². The van der Waals surface area contributed by atoms with E-state index in [4.69, 9.17) is 13.4 Å². The molecule has 26 heavy (non-hydrogen) atoms. The van der Waals surface area contributed by atoms with Gasteiger partial charge in [0.15, 0.2) is 0 Å². The zero-order chi connectivity index (χ0) is 18.5. The monoisotopic (exact) mass is 365 g/mol. The van der Waals surface area contributed by atoms with E-state index in [9.17, 15) is 4.39 Å². The average molecular weight is 365 g/mol. The second-order valence-corrected chi connectivity index (χ2v) is 6.16. The molecular weight excluding hydrogens is 349 g/mol. The molecule has 3 aromatic carbocycles. The number of aliphatic imine (C=N–C) groups is 1. The molecule has 0 atom stereocenters. The summed E-state index contributed by atoms with van der Waals surface area (Å²) in [6.07, 6.45) is 0.882. The predicted molar refractivity (Wildman–Crippen MR) is 102 cm³/mol. The van der Waals surface area contributed by atoms with Crippen LogP contribution in [0.2, 0.25) is 0 Å². The van der Waals surface area contributed by atoms with Crippen molar-refractivity contribution in [1.29, 1.82) is 0 Å². The molecule has 1 aliphatic heterocycles. The Morgan fingerprint density at radius 3 is 2.00 bits per heavy atom. The van der Waals surface area contributed by atoms with Gasteiger partial charge in [-0.05, 0) is 47.4 Å². The van der Waals surface area contributed by atoms with Crippen LogP contribution in [0.5, 0.6) is 0 Å². The van der Waals surface area contributed by atoms with E-state index in [0.29, 0.717) is 0 Å². The summed E-state index contributed by atoms with van der Waals surface area (Å²) in [7, 11) is 0. The van der Waals surface area contributed by atoms with Crippen LogP contribution in [0.25, 0.3) is 11.1 Å². The number of halogens is 1. The van der Waals surface area contributed by atoms with Gasteiger partial charge in [-0.2, -0.15) is 8.42 Å². The highest BCUT2D eigenvalue weighted by molar-refractivity contribution is 7.51. The molecule has 130 valence electrons. The van der Waals surface area contributed by atoms with Crippen LogP contribution in [0.15, 0.2) is 71.7 Å². The van der Waals surface area contributed by atoms with Crippen LogP contribution < -0.4 is 0 Å². The van der Waals surface area contributed by atoms with E-state index in [1.807, 2.05) is 0 Å². The van der Waals surface area contributed by atoms with E-state index in [1.165, 1.54) is 23.3 Å². The van der Waals surface area contributed by atoms with Gasteiger partial charge in [-0.3, -0.25) is 4.99 Å². The molecule has 0 saturated carbocycles. The summed E-state index contributed by atoms with van der Waals surface area (Å²) in [6, 6.07) is 21.3. The summed E-state index contributed by atoms with van der Waals surface area (Å²) in [5, 5.41) is 0. The first-order valence-electron chi connectivity index (χ1n) is 8.06. The van der Waals surface area contributed by atoms with Gasteiger partial charge in [-0.25, -0.2) is 4.39 Å². The molecule has 0 spiro atoms. The molecule has 0 radical (unpaired) electrons. The van der Waals surface area contributed by atoms with Gasteiger partial charge in [0, 0.05) is 6.42 Å². The largest absolute Gasteiger partial charge is 0.335 e. The van der Waals surface area contributed by atoms with Gasteiger partial charge in [-0.15, -0.1) is 0 Å². The first kappa shape index (κ1) is 17.9. The number of rotatable bonds is 2. The fourth-order valence-electron chi connectivity index (χ4n) is 2.99. The van der Waals surface area contributed by atoms with Gasteiger partial charge in [-0.1, -0.05) is 54.1 Å². The molecular formula is C21H16FNO2S. The molecule has 0 N–H and O–H groups in total. The Balaban J connectivity index is 0.000000613. The number of benzene rings is 3. The summed E-state index contributed by atoms with van der Waals surface area (Å²) in [4.78, 5) is 4.74. The lowest BCUT2D eigenvalue weighted by molar-refractivity contribution is 0.628. The second kappa shape index (κ2) is 7.97. The Labute approximate surface area is 154 Å². The molecule has 1 aliphatic rings. The van der Waals surface area contributed by atoms with E-state index < -0.39 is 11.6 Å². The van der Waals surface area contributed by atoms with Gasteiger partial charge < -0.3 is 0 Å². The molecule has 4 rings (SSSR count). The van der Waals surface area contributed by atoms with Gasteiger partial charge in [0.05, 0.1) is 11.4 Å². The molecule has 0 aliphatic carbocycles. The Hall–Kier alpha value is -2.92. The van der Waals surface area contributed by atoms with E-state index >= 15 is 0 Å². The zero-order valence-electron chi connectivity index (χ0n) is 14.1. The van der Waals surface area contributed by atoms with Crippen molar-refractivity contribution in [3.8, 4) is 11.1 Å². The van der Waals surface area contributed by atoms with Gasteiger partial charge in [0.25, 0.3) is 0 Å². The lowest BCUT2D eigenvalue weighted by atomic mass is 9.99. The third-order valence-electron chi connectivity index (χ3n) is 4.24. The molecule has 0 bridgehead atoms. The Morgan fingerprint density at radius 2 is 1.38 bits per heavy atom. The van der Waals surface area contributed by atoms with E-state index in [1.54, 1.807) is 12.1 Å². The SMILES string of the molecule is Cc1ccc2c(c1)CC(c1ccc(-c3ccc(F)cc3)cc1)=N2.O=S=O. The van der Waals surface area contributed by atoms with Crippen molar-refractivity contribution >= 4 is 23.0 Å². The molecule has 0 unspecified atom stereocenters. The standard InChI is InChI=1S/C21H16FN.O2S/c1-14-2-11-20-18(12-14)13-21(23-20)17-5-3-15(4-6-17)16-7-9-19(22)10-8-16;1-3-2/h2-12H,13H2,1H3;. The van der Waals surface area contributed by atoms with E-state index in [0.717, 1.165) is 34.5 Å². The van der Waals surface area contributed by atoms with E-state index in [-0.39, 0.29) is 5.82 Å². The Morgan fingerprint density at radius 1 is 0.846 bits per heavy atom. The summed E-state index contributed by atoms with van der Waals surface area (Å²) < 4.78 is 29.6. The number of hydrogen-bond acceptors (Lipinski definition) is 3. The summed E-state index contributed by atoms with van der Waals surface area (Å²) in [5.41, 5.74) is 7.99. The molecule has 0 fully saturated rings. The van der Waals surface area contributed by atoms with Crippen molar-refractivity contribution in [1.82, 2.24) is 0 Å². The highest BCUT2D eigenvalue weighted by Crippen LogP contribution is 2.30. The number of hydrogen-bond donors (Lipinski definition) is 0. The van der Waals surface area contributed by atoms with Crippen molar-refractivity contribution < 1.29 is 12.8 Å². The van der Waals surface area contributed by atoms with Gasteiger partial charge in [0.1, 0.15) is 5.82 Å². The summed E-state index contributed by atoms with van der Waals surface area (Å²) >= 11 is -0.750. The Kier molecular flexibility index (Phi) is 5.49. The maximum Gasteiger partial charge on any atom is 0.335 e. The summed E-state index contributed by atoms with van der Waals surface area (Å²) in [6.45, 7) is 2.11. The van der Waals surface area contributed by atoms with Crippen LogP contribution in [0.4, 0.5) is 10.1 Å². The number of nitrogens with zero attached hydrogens (tertiary/aromatic N) is 1. The molecule has 3 nitrogen and oxygen atoms in total. The smallest absolute Gasteiger partial charge is 0.252 e. The minimum absolute atomic E-state index is 0.210. The molecule has 5 heteroatoms. The zero-order valence-corrected chi connectivity index (χ0v) is 14.9. The van der Waals surface area contributed by atoms with Crippen molar-refractivity contribution in [2.75, 3.05) is 0 Å². The van der Waals surface area contributed by atoms with Crippen molar-refractivity contribution in [3.63, 3.8) is 0 Å². The van der Waals surface area contributed by atoms with Crippen LogP contribution in [0.3, 0.4) is 0 Å². The average Bonchev–Trinajstić information content (AvgIpc) is 3.06. The summed E-state index contributed by atoms with van der Waals surface area (Å²) in [5.74, 6) is -0.210. The highest BCUT2D eigenvalue weighted by Gasteiger charge is 2.15. The molecule has 3 aromatic rings. The topological polar surface area (TPSA) is 46.5 Å². The fraction of sp³-hybridized carbons (Fsp3) is 0.0952. The van der Waals surface area contributed by atoms with Crippen molar-refractivity contribution in [2.24, 2.45) is 4.99 Å². The highest BCUT2D eigenvalue weighted by atomic mass is 32.1. The first-order chi connectivity index (χ1) is 12.6. The number of fused-ring (bicyclic) bond motifs is 1. The Bertz CT molecular complexity index is 990. The van der Waals surface area contributed by atoms with Crippen LogP contribution >= 0.6 is 0 Å². The van der Waals surface area contributed by atoms with Crippen LogP contribution in [-0.4, -0.2) is 14.1 Å². The minimum atomic E-state index is -0.750. The van der Waals surface area contributed by atoms with Crippen LogP contribution in [0, 0.1) is 12.7 Å².